The van der Waals surface area contributed by atoms with Crippen molar-refractivity contribution in [1.29, 1.82) is 0 Å². The number of nitrogens with two attached hydrogens (primary N) is 1. The first kappa shape index (κ1) is 6.79. The maximum Gasteiger partial charge on any atom is 0.362 e. The Morgan fingerprint density at radius 2 is 2.40 bits per heavy atom. The van der Waals surface area contributed by atoms with Crippen molar-refractivity contribution in [2.45, 2.75) is 0 Å². The predicted molar refractivity (Wildman–Crippen MR) is 31.7 cm³/mol. The number of quaternary nitrogens is 1. The van der Waals surface area contributed by atoms with Crippen LogP contribution in [0.5, 0.6) is 0 Å². The molecular weight excluding hydrogens is 134 g/mol. The van der Waals surface area contributed by atoms with Gasteiger partial charge in [0, 0.05) is 12.4 Å². The number of carbonyl (C=O) groups excluding carboxylic acids is 1. The number of nitrogens with zero attached hydrogens (tertiary/aromatic N) is 2. The van der Waals surface area contributed by atoms with Crippen LogP contribution in [0.15, 0.2) is 18.6 Å². The van der Waals surface area contributed by atoms with Crippen molar-refractivity contribution in [1.82, 2.24) is 9.97 Å². The molecule has 0 aliphatic heterocycles. The zero-order valence-corrected chi connectivity index (χ0v) is 5.02. The number of aromatic nitrogens is 2. The van der Waals surface area contributed by atoms with Crippen molar-refractivity contribution in [3.05, 3.63) is 29.5 Å². The van der Waals surface area contributed by atoms with E-state index < -0.39 is 5.91 Å². The predicted octanol–water partition coefficient (Wildman–Crippen LogP) is -1.32. The largest absolute Gasteiger partial charge is 0.628 e. The van der Waals surface area contributed by atoms with Gasteiger partial charge in [0.2, 0.25) is 0 Å². The van der Waals surface area contributed by atoms with Crippen LogP contribution in [0, 0.1) is 5.21 Å². The molecule has 0 saturated carbocycles. The van der Waals surface area contributed by atoms with E-state index in [-0.39, 0.29) is 11.2 Å². The molecule has 0 atom stereocenters. The van der Waals surface area contributed by atoms with Crippen molar-refractivity contribution in [2.75, 3.05) is 0 Å². The van der Waals surface area contributed by atoms with Crippen molar-refractivity contribution >= 4 is 5.91 Å². The first-order valence-electron chi connectivity index (χ1n) is 2.60. The van der Waals surface area contributed by atoms with Gasteiger partial charge in [0.1, 0.15) is 0 Å². The third-order valence-corrected chi connectivity index (χ3v) is 0.923. The van der Waals surface area contributed by atoms with Crippen molar-refractivity contribution in [3.8, 4) is 0 Å². The summed E-state index contributed by atoms with van der Waals surface area (Å²) in [5, 5.41) is 9.89. The highest BCUT2D eigenvalue weighted by Gasteiger charge is 2.04. The molecule has 2 N–H and O–H groups in total. The fourth-order valence-corrected chi connectivity index (χ4v) is 0.487. The first-order valence-corrected chi connectivity index (χ1v) is 2.60. The molecule has 0 aliphatic rings. The molecule has 0 saturated heterocycles. The number of hydroxylamine groups is 1. The highest BCUT2D eigenvalue weighted by Crippen LogP contribution is 1.84. The fourth-order valence-electron chi connectivity index (χ4n) is 0.487. The first-order chi connectivity index (χ1) is 4.84. The molecule has 0 aliphatic carbocycles. The van der Waals surface area contributed by atoms with Gasteiger partial charge in [-0.15, -0.1) is 0 Å². The minimum absolute atomic E-state index is 0.0810. The Morgan fingerprint density at radius 1 is 1.60 bits per heavy atom. The van der Waals surface area contributed by atoms with E-state index in [4.69, 9.17) is 0 Å². The van der Waals surface area contributed by atoms with Gasteiger partial charge in [-0.25, -0.2) is 9.78 Å². The van der Waals surface area contributed by atoms with Gasteiger partial charge < -0.3 is 10.7 Å². The van der Waals surface area contributed by atoms with Crippen LogP contribution in [0.1, 0.15) is 10.5 Å². The summed E-state index contributed by atoms with van der Waals surface area (Å²) in [7, 11) is 0. The van der Waals surface area contributed by atoms with Crippen LogP contribution < -0.4 is 5.48 Å². The zero-order valence-electron chi connectivity index (χ0n) is 5.02. The number of hydrogen-bond acceptors (Lipinski definition) is 4. The standard InChI is InChI=1S/C5H5N3O2/c9-5(8-10)4-3-6-1-2-7-4/h1-3H,8H2. The van der Waals surface area contributed by atoms with Crippen LogP contribution >= 0.6 is 0 Å². The lowest BCUT2D eigenvalue weighted by molar-refractivity contribution is -0.482. The Hall–Kier alpha value is -1.33. The second-order valence-corrected chi connectivity index (χ2v) is 1.57. The van der Waals surface area contributed by atoms with Gasteiger partial charge >= 0.3 is 5.91 Å². The van der Waals surface area contributed by atoms with E-state index in [0.717, 1.165) is 0 Å². The SMILES string of the molecule is O=C([NH2+][O-])c1cnccn1. The molecule has 1 rings (SSSR count). The van der Waals surface area contributed by atoms with Gasteiger partial charge in [-0.3, -0.25) is 4.98 Å². The number of hydrogen-bond donors (Lipinski definition) is 1. The third kappa shape index (κ3) is 1.34. The molecule has 0 aromatic carbocycles. The number of amides is 1. The average molecular weight is 139 g/mol. The lowest BCUT2D eigenvalue weighted by Gasteiger charge is -1.96. The molecule has 10 heavy (non-hydrogen) atoms. The van der Waals surface area contributed by atoms with Crippen molar-refractivity contribution in [3.63, 3.8) is 0 Å². The Bertz CT molecular complexity index is 224. The Labute approximate surface area is 56.7 Å². The van der Waals surface area contributed by atoms with E-state index in [2.05, 4.69) is 9.97 Å². The summed E-state index contributed by atoms with van der Waals surface area (Å²) in [5.41, 5.74) is 0.293. The normalized spacial score (nSPS) is 9.30. The minimum atomic E-state index is -0.645. The van der Waals surface area contributed by atoms with Gasteiger partial charge in [-0.2, -0.15) is 0 Å². The lowest BCUT2D eigenvalue weighted by atomic mass is 10.4. The highest BCUT2D eigenvalue weighted by atomic mass is 16.5. The quantitative estimate of drug-likeness (QED) is 0.489. The summed E-state index contributed by atoms with van der Waals surface area (Å²) in [5.74, 6) is -0.645. The highest BCUT2D eigenvalue weighted by molar-refractivity contribution is 5.83. The monoisotopic (exact) mass is 139 g/mol. The zero-order chi connectivity index (χ0) is 7.40. The molecule has 5 nitrogen and oxygen atoms in total. The molecule has 1 aromatic rings. The van der Waals surface area contributed by atoms with Gasteiger partial charge in [-0.05, 0) is 0 Å². The Balaban J connectivity index is 2.85. The topological polar surface area (TPSA) is 82.5 Å². The molecule has 1 heterocycles. The van der Waals surface area contributed by atoms with Crippen LogP contribution in [0.25, 0.3) is 0 Å². The molecular formula is C5H5N3O2. The summed E-state index contributed by atoms with van der Waals surface area (Å²) in [6.45, 7) is 0. The fraction of sp³-hybridized carbons (Fsp3) is 0. The van der Waals surface area contributed by atoms with Crippen LogP contribution in [0.3, 0.4) is 0 Å². The summed E-state index contributed by atoms with van der Waals surface area (Å²) in [6, 6.07) is 0. The van der Waals surface area contributed by atoms with E-state index in [0.29, 0.717) is 0 Å². The lowest BCUT2D eigenvalue weighted by Crippen LogP contribution is -2.81. The van der Waals surface area contributed by atoms with Gasteiger partial charge in [0.05, 0.1) is 6.20 Å². The summed E-state index contributed by atoms with van der Waals surface area (Å²) < 4.78 is 0. The third-order valence-electron chi connectivity index (χ3n) is 0.923. The van der Waals surface area contributed by atoms with Crippen LogP contribution in [0.2, 0.25) is 0 Å². The average Bonchev–Trinajstić information content (AvgIpc) is 2.05. The molecule has 0 radical (unpaired) electrons. The summed E-state index contributed by atoms with van der Waals surface area (Å²) in [4.78, 5) is 17.8. The van der Waals surface area contributed by atoms with Crippen molar-refractivity contribution < 1.29 is 10.3 Å². The van der Waals surface area contributed by atoms with Gasteiger partial charge in [0.25, 0.3) is 0 Å². The van der Waals surface area contributed by atoms with Gasteiger partial charge in [-0.1, -0.05) is 0 Å². The maximum absolute atomic E-state index is 10.5. The molecule has 52 valence electrons. The van der Waals surface area contributed by atoms with Crippen molar-refractivity contribution in [2.24, 2.45) is 0 Å². The Kier molecular flexibility index (Phi) is 2.03. The number of rotatable bonds is 1. The van der Waals surface area contributed by atoms with E-state index in [1.165, 1.54) is 18.6 Å². The molecule has 0 spiro atoms. The molecule has 1 amide bonds. The van der Waals surface area contributed by atoms with E-state index in [1.807, 2.05) is 0 Å². The molecule has 0 unspecified atom stereocenters. The minimum Gasteiger partial charge on any atom is -0.628 e. The molecule has 0 bridgehead atoms. The van der Waals surface area contributed by atoms with E-state index >= 15 is 0 Å². The number of carbonyl (C=O) groups is 1. The van der Waals surface area contributed by atoms with Crippen LogP contribution in [-0.4, -0.2) is 15.9 Å². The van der Waals surface area contributed by atoms with Crippen LogP contribution in [0.4, 0.5) is 0 Å². The maximum atomic E-state index is 10.5. The van der Waals surface area contributed by atoms with E-state index in [1.54, 1.807) is 0 Å². The Morgan fingerprint density at radius 3 is 2.90 bits per heavy atom. The second kappa shape index (κ2) is 3.00. The second-order valence-electron chi connectivity index (χ2n) is 1.57. The molecule has 1 aromatic heterocycles. The van der Waals surface area contributed by atoms with Gasteiger partial charge in [0.15, 0.2) is 5.69 Å². The molecule has 5 heteroatoms. The van der Waals surface area contributed by atoms with E-state index in [9.17, 15) is 10.0 Å². The molecule has 0 fully saturated rings. The van der Waals surface area contributed by atoms with Crippen LogP contribution in [-0.2, 0) is 0 Å². The summed E-state index contributed by atoms with van der Waals surface area (Å²) in [6.07, 6.45) is 4.04. The summed E-state index contributed by atoms with van der Waals surface area (Å²) >= 11 is 0. The number of primary amides is 1. The smallest absolute Gasteiger partial charge is 0.362 e.